The molecule has 0 amide bonds. The predicted molar refractivity (Wildman–Crippen MR) is 103 cm³/mol. The number of thioether (sulfide) groups is 1. The molecule has 116 valence electrons. The van der Waals surface area contributed by atoms with Crippen LogP contribution in [-0.4, -0.2) is 18.1 Å². The molecule has 0 fully saturated rings. The zero-order valence-electron chi connectivity index (χ0n) is 12.6. The van der Waals surface area contributed by atoms with Gasteiger partial charge in [-0.3, -0.25) is 4.99 Å². The van der Waals surface area contributed by atoms with E-state index in [1.54, 1.807) is 18.1 Å². The Balaban J connectivity index is 2.19. The highest BCUT2D eigenvalue weighted by Gasteiger charge is 2.21. The molecule has 2 heterocycles. The van der Waals surface area contributed by atoms with Crippen molar-refractivity contribution in [3.8, 4) is 0 Å². The van der Waals surface area contributed by atoms with E-state index in [2.05, 4.69) is 29.0 Å². The Bertz CT molecular complexity index is 744. The van der Waals surface area contributed by atoms with Gasteiger partial charge in [0.1, 0.15) is 0 Å². The predicted octanol–water partition coefficient (Wildman–Crippen LogP) is 4.98. The van der Waals surface area contributed by atoms with Gasteiger partial charge in [-0.25, -0.2) is 0 Å². The average Bonchev–Trinajstić information content (AvgIpc) is 2.66. The third-order valence-corrected chi connectivity index (χ3v) is 4.97. The van der Waals surface area contributed by atoms with Gasteiger partial charge in [-0.05, 0) is 17.7 Å². The van der Waals surface area contributed by atoms with Crippen molar-refractivity contribution in [3.05, 3.63) is 89.2 Å². The summed E-state index contributed by atoms with van der Waals surface area (Å²) >= 11 is 8.23. The van der Waals surface area contributed by atoms with E-state index in [1.165, 1.54) is 0 Å². The van der Waals surface area contributed by atoms with Gasteiger partial charge < -0.3 is 5.32 Å². The number of benzene rings is 1. The van der Waals surface area contributed by atoms with Crippen molar-refractivity contribution >= 4 is 34.6 Å². The summed E-state index contributed by atoms with van der Waals surface area (Å²) in [7, 11) is 0. The molecular formula is C19H17ClN2S. The number of rotatable bonds is 2. The SMILES string of the molecule is C=C1/C=C\C=C/CSC(c2ccccc2Cl)=C1C1C=CNC=N1. The summed E-state index contributed by atoms with van der Waals surface area (Å²) in [5, 5.41) is 3.73. The largest absolute Gasteiger partial charge is 0.353 e. The molecule has 0 radical (unpaired) electrons. The summed E-state index contributed by atoms with van der Waals surface area (Å²) in [4.78, 5) is 5.69. The van der Waals surface area contributed by atoms with Gasteiger partial charge in [0.2, 0.25) is 0 Å². The monoisotopic (exact) mass is 340 g/mol. The lowest BCUT2D eigenvalue weighted by atomic mass is 9.96. The lowest BCUT2D eigenvalue weighted by molar-refractivity contribution is 0.940. The van der Waals surface area contributed by atoms with Gasteiger partial charge in [-0.15, -0.1) is 11.8 Å². The molecule has 0 saturated carbocycles. The second-order valence-corrected chi connectivity index (χ2v) is 6.53. The quantitative estimate of drug-likeness (QED) is 0.821. The minimum atomic E-state index is -0.0646. The molecule has 1 atom stereocenters. The molecule has 1 aromatic rings. The lowest BCUT2D eigenvalue weighted by Crippen LogP contribution is -2.17. The molecule has 4 heteroatoms. The highest BCUT2D eigenvalue weighted by Crippen LogP contribution is 2.40. The van der Waals surface area contributed by atoms with Crippen LogP contribution in [0, 0.1) is 0 Å². The summed E-state index contributed by atoms with van der Waals surface area (Å²) in [6.07, 6.45) is 13.9. The van der Waals surface area contributed by atoms with Crippen molar-refractivity contribution in [2.75, 3.05) is 5.75 Å². The Hall–Kier alpha value is -1.97. The molecule has 2 nitrogen and oxygen atoms in total. The zero-order valence-corrected chi connectivity index (χ0v) is 14.1. The van der Waals surface area contributed by atoms with Gasteiger partial charge in [0, 0.05) is 33.0 Å². The molecule has 2 aliphatic heterocycles. The van der Waals surface area contributed by atoms with Crippen LogP contribution in [0.15, 0.2) is 83.6 Å². The van der Waals surface area contributed by atoms with E-state index in [0.29, 0.717) is 0 Å². The summed E-state index contributed by atoms with van der Waals surface area (Å²) in [5.74, 6) is 0.875. The molecular weight excluding hydrogens is 324 g/mol. The first-order chi connectivity index (χ1) is 11.3. The van der Waals surface area contributed by atoms with Crippen LogP contribution in [-0.2, 0) is 0 Å². The Morgan fingerprint density at radius 3 is 2.91 bits per heavy atom. The van der Waals surface area contributed by atoms with E-state index < -0.39 is 0 Å². The highest BCUT2D eigenvalue weighted by atomic mass is 35.5. The number of aliphatic imine (C=N–C) groups is 1. The number of hydrogen-bond acceptors (Lipinski definition) is 3. The first-order valence-corrected chi connectivity index (χ1v) is 8.72. The molecule has 0 bridgehead atoms. The normalized spacial score (nSPS) is 23.7. The zero-order chi connectivity index (χ0) is 16.1. The van der Waals surface area contributed by atoms with Crippen LogP contribution in [0.2, 0.25) is 5.02 Å². The fraction of sp³-hybridized carbons (Fsp3) is 0.105. The van der Waals surface area contributed by atoms with Gasteiger partial charge in [-0.2, -0.15) is 0 Å². The fourth-order valence-electron chi connectivity index (χ4n) is 2.48. The Morgan fingerprint density at radius 1 is 1.26 bits per heavy atom. The van der Waals surface area contributed by atoms with Gasteiger partial charge in [0.15, 0.2) is 0 Å². The highest BCUT2D eigenvalue weighted by molar-refractivity contribution is 8.08. The van der Waals surface area contributed by atoms with Crippen molar-refractivity contribution in [1.82, 2.24) is 5.32 Å². The molecule has 2 aliphatic rings. The van der Waals surface area contributed by atoms with Crippen LogP contribution >= 0.6 is 23.4 Å². The van der Waals surface area contributed by atoms with Gasteiger partial charge >= 0.3 is 0 Å². The maximum absolute atomic E-state index is 6.46. The number of allylic oxidation sites excluding steroid dienone is 3. The minimum Gasteiger partial charge on any atom is -0.353 e. The van der Waals surface area contributed by atoms with Crippen LogP contribution in [0.3, 0.4) is 0 Å². The molecule has 0 spiro atoms. The third kappa shape index (κ3) is 3.69. The molecule has 0 aromatic heterocycles. The molecule has 1 aromatic carbocycles. The lowest BCUT2D eigenvalue weighted by Gasteiger charge is -2.21. The van der Waals surface area contributed by atoms with Crippen LogP contribution in [0.4, 0.5) is 0 Å². The van der Waals surface area contributed by atoms with Crippen LogP contribution in [0.1, 0.15) is 5.56 Å². The summed E-state index contributed by atoms with van der Waals surface area (Å²) in [6, 6.07) is 7.87. The van der Waals surface area contributed by atoms with Crippen molar-refractivity contribution in [2.45, 2.75) is 6.04 Å². The molecule has 1 N–H and O–H groups in total. The Kier molecular flexibility index (Phi) is 5.21. The maximum atomic E-state index is 6.46. The maximum Gasteiger partial charge on any atom is 0.0981 e. The van der Waals surface area contributed by atoms with E-state index in [1.807, 2.05) is 48.7 Å². The standard InChI is InChI=1S/C19H17ClN2S/c1-14-7-3-2-6-12-23-19(15-8-4-5-9-16(15)20)18(14)17-10-11-21-13-22-17/h2-11,13,17H,1,12H2,(H,21,22)/b6-2-,7-3-,19-18?. The summed E-state index contributed by atoms with van der Waals surface area (Å²) < 4.78 is 0. The number of nitrogens with one attached hydrogen (secondary N) is 1. The smallest absolute Gasteiger partial charge is 0.0981 e. The van der Waals surface area contributed by atoms with E-state index in [4.69, 9.17) is 11.6 Å². The second kappa shape index (κ2) is 7.53. The van der Waals surface area contributed by atoms with E-state index >= 15 is 0 Å². The number of nitrogens with zero attached hydrogens (tertiary/aromatic N) is 1. The Morgan fingerprint density at radius 2 is 2.13 bits per heavy atom. The first-order valence-electron chi connectivity index (χ1n) is 7.36. The second-order valence-electron chi connectivity index (χ2n) is 5.09. The summed E-state index contributed by atoms with van der Waals surface area (Å²) in [6.45, 7) is 4.26. The van der Waals surface area contributed by atoms with E-state index in [0.717, 1.165) is 32.4 Å². The first kappa shape index (κ1) is 15.9. The van der Waals surface area contributed by atoms with Crippen molar-refractivity contribution in [2.24, 2.45) is 4.99 Å². The third-order valence-electron chi connectivity index (χ3n) is 3.56. The molecule has 0 saturated heterocycles. The fourth-order valence-corrected chi connectivity index (χ4v) is 3.88. The van der Waals surface area contributed by atoms with E-state index in [-0.39, 0.29) is 6.04 Å². The van der Waals surface area contributed by atoms with Gasteiger partial charge in [-0.1, -0.05) is 60.7 Å². The van der Waals surface area contributed by atoms with E-state index in [9.17, 15) is 0 Å². The number of hydrogen-bond donors (Lipinski definition) is 1. The Labute approximate surface area is 146 Å². The topological polar surface area (TPSA) is 24.4 Å². The van der Waals surface area contributed by atoms with Crippen molar-refractivity contribution in [1.29, 1.82) is 0 Å². The minimum absolute atomic E-state index is 0.0646. The molecule has 0 aliphatic carbocycles. The number of halogens is 1. The molecule has 23 heavy (non-hydrogen) atoms. The summed E-state index contributed by atoms with van der Waals surface area (Å²) in [5.41, 5.74) is 3.07. The van der Waals surface area contributed by atoms with Crippen molar-refractivity contribution < 1.29 is 0 Å². The van der Waals surface area contributed by atoms with Crippen LogP contribution < -0.4 is 5.32 Å². The van der Waals surface area contributed by atoms with Gasteiger partial charge in [0.05, 0.1) is 12.4 Å². The van der Waals surface area contributed by atoms with Crippen LogP contribution in [0.5, 0.6) is 0 Å². The average molecular weight is 341 g/mol. The van der Waals surface area contributed by atoms with Gasteiger partial charge in [0.25, 0.3) is 0 Å². The van der Waals surface area contributed by atoms with Crippen LogP contribution in [0.25, 0.3) is 4.91 Å². The molecule has 3 rings (SSSR count). The molecule has 1 unspecified atom stereocenters. The van der Waals surface area contributed by atoms with Crippen molar-refractivity contribution in [3.63, 3.8) is 0 Å².